The third-order valence-electron chi connectivity index (χ3n) is 6.22. The van der Waals surface area contributed by atoms with E-state index in [9.17, 15) is 24.3 Å². The highest BCUT2D eigenvalue weighted by molar-refractivity contribution is 5.80. The lowest BCUT2D eigenvalue weighted by Gasteiger charge is -2.29. The Bertz CT molecular complexity index is 924. The van der Waals surface area contributed by atoms with Crippen molar-refractivity contribution in [1.82, 2.24) is 0 Å². The molecular weight excluding hydrogens is 466 g/mol. The molecule has 0 heterocycles. The number of carboxylic acid groups (broad SMARTS) is 1. The van der Waals surface area contributed by atoms with Gasteiger partial charge < -0.3 is 25.1 Å². The predicted molar refractivity (Wildman–Crippen MR) is 133 cm³/mol. The van der Waals surface area contributed by atoms with E-state index in [1.54, 1.807) is 13.0 Å². The van der Waals surface area contributed by atoms with E-state index in [1.807, 2.05) is 13.8 Å². The molecule has 0 spiro atoms. The van der Waals surface area contributed by atoms with Crippen LogP contribution < -0.4 is 15.2 Å². The minimum absolute atomic E-state index is 0.0277. The highest BCUT2D eigenvalue weighted by Crippen LogP contribution is 2.32. The van der Waals surface area contributed by atoms with Gasteiger partial charge >= 0.3 is 23.9 Å². The van der Waals surface area contributed by atoms with Crippen LogP contribution in [0.4, 0.5) is 0 Å². The molecule has 1 aliphatic rings. The van der Waals surface area contributed by atoms with Gasteiger partial charge in [0.15, 0.2) is 11.5 Å². The number of carbonyl (C=O) groups excluding carboxylic acids is 3. The second-order valence-corrected chi connectivity index (χ2v) is 9.65. The lowest BCUT2D eigenvalue weighted by molar-refractivity contribution is -0.158. The van der Waals surface area contributed by atoms with Crippen LogP contribution in [0.5, 0.6) is 11.5 Å². The van der Waals surface area contributed by atoms with Crippen molar-refractivity contribution in [3.8, 4) is 11.5 Å². The van der Waals surface area contributed by atoms with Gasteiger partial charge in [-0.3, -0.25) is 19.2 Å². The number of aliphatic carboxylic acids is 1. The van der Waals surface area contributed by atoms with Gasteiger partial charge in [-0.1, -0.05) is 39.2 Å². The Morgan fingerprint density at radius 1 is 1.00 bits per heavy atom. The van der Waals surface area contributed by atoms with E-state index >= 15 is 0 Å². The number of carboxylic acids is 1. The van der Waals surface area contributed by atoms with Crippen molar-refractivity contribution in [3.63, 3.8) is 0 Å². The van der Waals surface area contributed by atoms with Crippen molar-refractivity contribution >= 4 is 23.9 Å². The Labute approximate surface area is 212 Å². The number of nitrogens with two attached hydrogens (primary N) is 1. The van der Waals surface area contributed by atoms with Gasteiger partial charge in [0.2, 0.25) is 0 Å². The fraction of sp³-hybridized carbons (Fsp3) is 0.630. The summed E-state index contributed by atoms with van der Waals surface area (Å²) < 4.78 is 16.3. The Morgan fingerprint density at radius 2 is 1.58 bits per heavy atom. The number of benzene rings is 1. The molecular formula is C27H39NO8. The summed E-state index contributed by atoms with van der Waals surface area (Å²) in [5.41, 5.74) is 5.04. The zero-order valence-electron chi connectivity index (χ0n) is 21.5. The largest absolute Gasteiger partial charge is 0.480 e. The topological polar surface area (TPSA) is 142 Å². The van der Waals surface area contributed by atoms with Crippen LogP contribution in [0.2, 0.25) is 0 Å². The van der Waals surface area contributed by atoms with Crippen molar-refractivity contribution in [3.05, 3.63) is 23.8 Å². The van der Waals surface area contributed by atoms with Crippen LogP contribution in [0.15, 0.2) is 18.2 Å². The fourth-order valence-electron chi connectivity index (χ4n) is 4.37. The molecule has 1 aromatic rings. The summed E-state index contributed by atoms with van der Waals surface area (Å²) in [6, 6.07) is 4.51. The summed E-state index contributed by atoms with van der Waals surface area (Å²) >= 11 is 0. The smallest absolute Gasteiger partial charge is 0.324 e. The van der Waals surface area contributed by atoms with Gasteiger partial charge in [-0.05, 0) is 50.3 Å². The summed E-state index contributed by atoms with van der Waals surface area (Å²) in [7, 11) is 0. The van der Waals surface area contributed by atoms with Crippen molar-refractivity contribution in [2.24, 2.45) is 11.7 Å². The molecule has 200 valence electrons. The van der Waals surface area contributed by atoms with Gasteiger partial charge in [-0.25, -0.2) is 0 Å². The number of esters is 3. The zero-order chi connectivity index (χ0) is 26.7. The number of rotatable bonds is 13. The Morgan fingerprint density at radius 3 is 2.14 bits per heavy atom. The zero-order valence-corrected chi connectivity index (χ0v) is 21.5. The first-order valence-corrected chi connectivity index (χ1v) is 12.8. The van der Waals surface area contributed by atoms with E-state index in [-0.39, 0.29) is 49.1 Å². The van der Waals surface area contributed by atoms with E-state index in [2.05, 4.69) is 0 Å². The first-order valence-electron chi connectivity index (χ1n) is 12.8. The maximum Gasteiger partial charge on any atom is 0.324 e. The van der Waals surface area contributed by atoms with Gasteiger partial charge in [0.05, 0.1) is 5.92 Å². The Kier molecular flexibility index (Phi) is 11.4. The van der Waals surface area contributed by atoms with Gasteiger partial charge in [-0.2, -0.15) is 0 Å². The van der Waals surface area contributed by atoms with Crippen molar-refractivity contribution in [2.45, 2.75) is 103 Å². The van der Waals surface area contributed by atoms with Crippen molar-refractivity contribution < 1.29 is 38.5 Å². The summed E-state index contributed by atoms with van der Waals surface area (Å²) in [6.07, 6.45) is 5.28. The molecule has 9 heteroatoms. The van der Waals surface area contributed by atoms with Crippen LogP contribution in [-0.2, 0) is 30.3 Å². The third kappa shape index (κ3) is 8.93. The molecule has 0 amide bonds. The minimum atomic E-state index is -1.74. The number of hydrogen-bond donors (Lipinski definition) is 2. The number of ether oxygens (including phenoxy) is 3. The van der Waals surface area contributed by atoms with Crippen molar-refractivity contribution in [2.75, 3.05) is 0 Å². The summed E-state index contributed by atoms with van der Waals surface area (Å²) in [5, 5.41) is 9.92. The molecule has 1 aromatic carbocycles. The number of carbonyl (C=O) groups is 4. The second kappa shape index (κ2) is 14.0. The molecule has 2 atom stereocenters. The quantitative estimate of drug-likeness (QED) is 0.296. The average Bonchev–Trinajstić information content (AvgIpc) is 2.81. The van der Waals surface area contributed by atoms with Crippen molar-refractivity contribution in [1.29, 1.82) is 0 Å². The monoisotopic (exact) mass is 505 g/mol. The molecule has 1 aliphatic carbocycles. The summed E-state index contributed by atoms with van der Waals surface area (Å²) in [6.45, 7) is 5.31. The maximum absolute atomic E-state index is 12.5. The van der Waals surface area contributed by atoms with E-state index in [0.717, 1.165) is 32.1 Å². The highest BCUT2D eigenvalue weighted by atomic mass is 16.6. The van der Waals surface area contributed by atoms with Crippen LogP contribution in [0.3, 0.4) is 0 Å². The SMILES string of the molecule is CCCC(=O)Oc1ccc(CC(N)(C[C@H](C)OC(=O)C2CCCCC2)C(=O)O)cc1OC(=O)CCC. The molecule has 1 unspecified atom stereocenters. The molecule has 1 fully saturated rings. The van der Waals surface area contributed by atoms with E-state index in [0.29, 0.717) is 18.4 Å². The average molecular weight is 506 g/mol. The van der Waals surface area contributed by atoms with Crippen LogP contribution in [0, 0.1) is 5.92 Å². The first kappa shape index (κ1) is 29.3. The van der Waals surface area contributed by atoms with Gasteiger partial charge in [0, 0.05) is 25.7 Å². The van der Waals surface area contributed by atoms with E-state index in [1.165, 1.54) is 12.1 Å². The standard InChI is InChI=1S/C27H39NO8/c1-4-9-23(29)35-21-14-13-19(15-22(21)36-24(30)10-5-2)17-27(28,26(32)33)16-18(3)34-25(31)20-11-7-6-8-12-20/h13-15,18,20H,4-12,16-17,28H2,1-3H3,(H,32,33)/t18-,27?/m0/s1. The predicted octanol–water partition coefficient (Wildman–Crippen LogP) is 4.32. The maximum atomic E-state index is 12.5. The third-order valence-corrected chi connectivity index (χ3v) is 6.22. The van der Waals surface area contributed by atoms with Crippen LogP contribution >= 0.6 is 0 Å². The lowest BCUT2D eigenvalue weighted by atomic mass is 9.86. The van der Waals surface area contributed by atoms with Crippen LogP contribution in [0.1, 0.15) is 90.5 Å². The van der Waals surface area contributed by atoms with E-state index in [4.69, 9.17) is 19.9 Å². The fourth-order valence-corrected chi connectivity index (χ4v) is 4.37. The Balaban J connectivity index is 2.18. The summed E-state index contributed by atoms with van der Waals surface area (Å²) in [5.74, 6) is -2.56. The molecule has 36 heavy (non-hydrogen) atoms. The Hall–Kier alpha value is -2.94. The second-order valence-electron chi connectivity index (χ2n) is 9.65. The molecule has 0 aromatic heterocycles. The molecule has 1 saturated carbocycles. The van der Waals surface area contributed by atoms with Crippen LogP contribution in [0.25, 0.3) is 0 Å². The molecule has 3 N–H and O–H groups in total. The first-order chi connectivity index (χ1) is 17.1. The summed E-state index contributed by atoms with van der Waals surface area (Å²) in [4.78, 5) is 48.8. The minimum Gasteiger partial charge on any atom is -0.480 e. The van der Waals surface area contributed by atoms with Gasteiger partial charge in [0.25, 0.3) is 0 Å². The molecule has 0 bridgehead atoms. The van der Waals surface area contributed by atoms with Gasteiger partial charge in [-0.15, -0.1) is 0 Å². The molecule has 0 saturated heterocycles. The highest BCUT2D eigenvalue weighted by Gasteiger charge is 2.38. The molecule has 9 nitrogen and oxygen atoms in total. The van der Waals surface area contributed by atoms with Crippen LogP contribution in [-0.4, -0.2) is 40.6 Å². The van der Waals surface area contributed by atoms with Gasteiger partial charge in [0.1, 0.15) is 11.6 Å². The molecule has 0 radical (unpaired) electrons. The normalized spacial score (nSPS) is 16.4. The molecule has 2 rings (SSSR count). The van der Waals surface area contributed by atoms with E-state index < -0.39 is 29.6 Å². The lowest BCUT2D eigenvalue weighted by Crippen LogP contribution is -2.52. The number of hydrogen-bond acceptors (Lipinski definition) is 8. The molecule has 0 aliphatic heterocycles.